The Morgan fingerprint density at radius 2 is 1.56 bits per heavy atom. The molecule has 1 amide bonds. The Morgan fingerprint density at radius 1 is 0.853 bits per heavy atom. The lowest BCUT2D eigenvalue weighted by atomic mass is 10.1. The van der Waals surface area contributed by atoms with Crippen LogP contribution in [0.2, 0.25) is 0 Å². The predicted molar refractivity (Wildman–Crippen MR) is 131 cm³/mol. The monoisotopic (exact) mass is 463 g/mol. The number of benzene rings is 3. The fraction of sp³-hybridized carbons (Fsp3) is 0.222. The van der Waals surface area contributed by atoms with Crippen LogP contribution in [0.4, 0.5) is 20.2 Å². The molecule has 5 nitrogen and oxygen atoms in total. The fourth-order valence-corrected chi connectivity index (χ4v) is 3.14. The molecule has 0 unspecified atom stereocenters. The highest BCUT2D eigenvalue weighted by molar-refractivity contribution is 5.96. The minimum atomic E-state index is -0.328. The third kappa shape index (κ3) is 8.01. The van der Waals surface area contributed by atoms with Crippen LogP contribution in [-0.2, 0) is 6.54 Å². The van der Waals surface area contributed by atoms with Gasteiger partial charge in [-0.25, -0.2) is 8.78 Å². The van der Waals surface area contributed by atoms with Crippen LogP contribution in [-0.4, -0.2) is 30.0 Å². The molecular weight excluding hydrogens is 436 g/mol. The van der Waals surface area contributed by atoms with E-state index in [4.69, 9.17) is 5.11 Å². The average molecular weight is 464 g/mol. The first-order valence-electron chi connectivity index (χ1n) is 11.1. The first-order valence-corrected chi connectivity index (χ1v) is 11.1. The van der Waals surface area contributed by atoms with Crippen LogP contribution in [0.3, 0.4) is 0 Å². The first-order chi connectivity index (χ1) is 16.5. The van der Waals surface area contributed by atoms with Gasteiger partial charge in [-0.2, -0.15) is 0 Å². The second kappa shape index (κ2) is 13.1. The number of aliphatic imine (C=N–C) groups is 2. The largest absolute Gasteiger partial charge is 0.396 e. The van der Waals surface area contributed by atoms with Gasteiger partial charge in [0.05, 0.1) is 11.4 Å². The summed E-state index contributed by atoms with van der Waals surface area (Å²) in [5.74, 6) is -0.928. The molecule has 0 aliphatic heterocycles. The molecule has 3 rings (SSSR count). The van der Waals surface area contributed by atoms with E-state index < -0.39 is 0 Å². The average Bonchev–Trinajstić information content (AvgIpc) is 2.85. The van der Waals surface area contributed by atoms with Crippen molar-refractivity contribution in [2.24, 2.45) is 9.98 Å². The summed E-state index contributed by atoms with van der Waals surface area (Å²) in [5.41, 5.74) is 3.06. The lowest BCUT2D eigenvalue weighted by Gasteiger charge is -2.08. The van der Waals surface area contributed by atoms with Crippen molar-refractivity contribution in [1.82, 2.24) is 5.32 Å². The molecule has 0 atom stereocenters. The zero-order chi connectivity index (χ0) is 24.2. The summed E-state index contributed by atoms with van der Waals surface area (Å²) in [5, 5.41) is 11.7. The van der Waals surface area contributed by atoms with E-state index in [1.54, 1.807) is 54.9 Å². The van der Waals surface area contributed by atoms with Crippen LogP contribution in [0.5, 0.6) is 0 Å². The summed E-state index contributed by atoms with van der Waals surface area (Å²) < 4.78 is 26.2. The van der Waals surface area contributed by atoms with E-state index in [-0.39, 0.29) is 30.7 Å². The SMILES string of the molecule is O=C(NCc1ccc(F)cc1)c1ccc(N=Cc2ccc(F)cc2)c(N=CCCCCCO)c1. The molecule has 0 aromatic heterocycles. The molecule has 0 saturated carbocycles. The number of halogens is 2. The van der Waals surface area contributed by atoms with Crippen molar-refractivity contribution in [3.63, 3.8) is 0 Å². The Hall–Kier alpha value is -3.71. The third-order valence-corrected chi connectivity index (χ3v) is 5.05. The Kier molecular flexibility index (Phi) is 9.61. The standard InChI is InChI=1S/C27H27F2N3O2/c28-23-10-5-20(6-11-23)18-31-25-14-9-22(17-26(25)30-15-3-1-2-4-16-33)27(34)32-19-21-7-12-24(29)13-8-21/h5-15,17-18,33H,1-4,16,19H2,(H,32,34). The molecule has 0 aliphatic rings. The smallest absolute Gasteiger partial charge is 0.251 e. The highest BCUT2D eigenvalue weighted by Gasteiger charge is 2.09. The van der Waals surface area contributed by atoms with E-state index >= 15 is 0 Å². The summed E-state index contributed by atoms with van der Waals surface area (Å²) >= 11 is 0. The van der Waals surface area contributed by atoms with E-state index in [0.29, 0.717) is 16.9 Å². The maximum Gasteiger partial charge on any atom is 0.251 e. The van der Waals surface area contributed by atoms with Crippen LogP contribution in [0, 0.1) is 11.6 Å². The van der Waals surface area contributed by atoms with Crippen LogP contribution in [0.1, 0.15) is 47.2 Å². The van der Waals surface area contributed by atoms with Gasteiger partial charge in [0.2, 0.25) is 0 Å². The Bertz CT molecular complexity index is 1130. The number of hydrogen-bond donors (Lipinski definition) is 2. The molecule has 0 spiro atoms. The van der Waals surface area contributed by atoms with Crippen molar-refractivity contribution in [3.05, 3.63) is 95.1 Å². The number of nitrogens with zero attached hydrogens (tertiary/aromatic N) is 2. The second-order valence-electron chi connectivity index (χ2n) is 7.71. The minimum Gasteiger partial charge on any atom is -0.396 e. The summed E-state index contributed by atoms with van der Waals surface area (Å²) in [6.07, 6.45) is 6.69. The topological polar surface area (TPSA) is 74.0 Å². The molecule has 0 aliphatic carbocycles. The van der Waals surface area contributed by atoms with E-state index in [0.717, 1.165) is 36.8 Å². The number of aliphatic hydroxyl groups excluding tert-OH is 1. The number of hydrogen-bond acceptors (Lipinski definition) is 4. The summed E-state index contributed by atoms with van der Waals surface area (Å²) in [6, 6.07) is 17.0. The lowest BCUT2D eigenvalue weighted by Crippen LogP contribution is -2.22. The van der Waals surface area contributed by atoms with Gasteiger partial charge in [0.15, 0.2) is 0 Å². The number of nitrogens with one attached hydrogen (secondary N) is 1. The lowest BCUT2D eigenvalue weighted by molar-refractivity contribution is 0.0951. The van der Waals surface area contributed by atoms with Gasteiger partial charge < -0.3 is 10.4 Å². The predicted octanol–water partition coefficient (Wildman–Crippen LogP) is 5.90. The van der Waals surface area contributed by atoms with Gasteiger partial charge in [0.25, 0.3) is 5.91 Å². The maximum atomic E-state index is 13.1. The van der Waals surface area contributed by atoms with Gasteiger partial charge in [-0.15, -0.1) is 0 Å². The van der Waals surface area contributed by atoms with Crippen LogP contribution >= 0.6 is 0 Å². The minimum absolute atomic E-state index is 0.175. The molecular formula is C27H27F2N3O2. The second-order valence-corrected chi connectivity index (χ2v) is 7.71. The third-order valence-electron chi connectivity index (χ3n) is 5.05. The normalized spacial score (nSPS) is 11.4. The van der Waals surface area contributed by atoms with E-state index in [1.165, 1.54) is 24.3 Å². The summed E-state index contributed by atoms with van der Waals surface area (Å²) in [6.45, 7) is 0.446. The molecule has 0 bridgehead atoms. The highest BCUT2D eigenvalue weighted by Crippen LogP contribution is 2.29. The molecule has 0 saturated heterocycles. The number of amides is 1. The molecule has 176 valence electrons. The molecule has 0 radical (unpaired) electrons. The van der Waals surface area contributed by atoms with Crippen molar-refractivity contribution in [1.29, 1.82) is 0 Å². The molecule has 3 aromatic rings. The number of carbonyl (C=O) groups excluding carboxylic acids is 1. The fourth-order valence-electron chi connectivity index (χ4n) is 3.14. The van der Waals surface area contributed by atoms with E-state index in [9.17, 15) is 13.6 Å². The van der Waals surface area contributed by atoms with Gasteiger partial charge in [-0.05, 0) is 72.9 Å². The van der Waals surface area contributed by atoms with Crippen molar-refractivity contribution >= 4 is 29.7 Å². The van der Waals surface area contributed by atoms with Crippen LogP contribution in [0.15, 0.2) is 76.7 Å². The Morgan fingerprint density at radius 3 is 2.26 bits per heavy atom. The van der Waals surface area contributed by atoms with Gasteiger partial charge in [0.1, 0.15) is 11.6 Å². The summed E-state index contributed by atoms with van der Waals surface area (Å²) in [7, 11) is 0. The zero-order valence-electron chi connectivity index (χ0n) is 18.8. The van der Waals surface area contributed by atoms with Gasteiger partial charge in [-0.3, -0.25) is 14.8 Å². The number of aliphatic hydroxyl groups is 1. The molecule has 0 heterocycles. The van der Waals surface area contributed by atoms with Crippen LogP contribution < -0.4 is 5.32 Å². The number of rotatable bonds is 11. The molecule has 3 aromatic carbocycles. The van der Waals surface area contributed by atoms with Gasteiger partial charge in [-0.1, -0.05) is 30.7 Å². The zero-order valence-corrected chi connectivity index (χ0v) is 18.8. The number of unbranched alkanes of at least 4 members (excludes halogenated alkanes) is 3. The summed E-state index contributed by atoms with van der Waals surface area (Å²) in [4.78, 5) is 21.7. The number of carbonyl (C=O) groups is 1. The highest BCUT2D eigenvalue weighted by atomic mass is 19.1. The van der Waals surface area contributed by atoms with Gasteiger partial charge >= 0.3 is 0 Å². The maximum absolute atomic E-state index is 13.1. The molecule has 34 heavy (non-hydrogen) atoms. The van der Waals surface area contributed by atoms with Crippen molar-refractivity contribution in [2.45, 2.75) is 32.2 Å². The van der Waals surface area contributed by atoms with Crippen molar-refractivity contribution in [2.75, 3.05) is 6.61 Å². The Balaban J connectivity index is 1.75. The van der Waals surface area contributed by atoms with Crippen molar-refractivity contribution in [3.8, 4) is 0 Å². The Labute approximate surface area is 197 Å². The quantitative estimate of drug-likeness (QED) is 0.274. The van der Waals surface area contributed by atoms with Crippen molar-refractivity contribution < 1.29 is 18.7 Å². The van der Waals surface area contributed by atoms with Gasteiger partial charge in [0, 0.05) is 31.1 Å². The van der Waals surface area contributed by atoms with E-state index in [1.807, 2.05) is 0 Å². The van der Waals surface area contributed by atoms with E-state index in [2.05, 4.69) is 15.3 Å². The molecule has 2 N–H and O–H groups in total. The molecule has 7 heteroatoms. The first kappa shape index (κ1) is 24.9. The molecule has 0 fully saturated rings. The van der Waals surface area contributed by atoms with Crippen LogP contribution in [0.25, 0.3) is 0 Å².